The van der Waals surface area contributed by atoms with E-state index in [1.54, 1.807) is 12.4 Å². The molecule has 0 saturated carbocycles. The monoisotopic (exact) mass is 545 g/mol. The summed E-state index contributed by atoms with van der Waals surface area (Å²) in [5.74, 6) is 1.25. The molecular weight excluding hydrogens is 522 g/mol. The Morgan fingerprint density at radius 1 is 1.14 bits per heavy atom. The van der Waals surface area contributed by atoms with Gasteiger partial charge < -0.3 is 20.7 Å². The first-order chi connectivity index (χ1) is 17.3. The highest BCUT2D eigenvalue weighted by atomic mass is 79.9. The van der Waals surface area contributed by atoms with Gasteiger partial charge in [-0.3, -0.25) is 9.89 Å². The van der Waals surface area contributed by atoms with Gasteiger partial charge in [-0.1, -0.05) is 12.1 Å². The molecule has 0 unspecified atom stereocenters. The van der Waals surface area contributed by atoms with Crippen molar-refractivity contribution >= 4 is 49.2 Å². The van der Waals surface area contributed by atoms with Gasteiger partial charge in [-0.15, -0.1) is 0 Å². The van der Waals surface area contributed by atoms with Crippen LogP contribution in [0.2, 0.25) is 0 Å². The van der Waals surface area contributed by atoms with E-state index >= 15 is 0 Å². The number of aromatic nitrogens is 5. The number of piperidine rings is 1. The van der Waals surface area contributed by atoms with Gasteiger partial charge in [0.05, 0.1) is 33.9 Å². The van der Waals surface area contributed by atoms with Crippen LogP contribution in [0.5, 0.6) is 0 Å². The number of nitrogens with zero attached hydrogens (tertiary/aromatic N) is 4. The molecule has 6 rings (SSSR count). The van der Waals surface area contributed by atoms with Crippen molar-refractivity contribution in [1.82, 2.24) is 25.1 Å². The van der Waals surface area contributed by atoms with Gasteiger partial charge in [-0.25, -0.2) is 9.97 Å². The second-order valence-corrected chi connectivity index (χ2v) is 10.3. The molecule has 0 atom stereocenters. The normalized spacial score (nSPS) is 15.6. The van der Waals surface area contributed by atoms with E-state index in [9.17, 15) is 9.90 Å². The average Bonchev–Trinajstić information content (AvgIpc) is 3.35. The van der Waals surface area contributed by atoms with Crippen LogP contribution in [-0.4, -0.2) is 48.9 Å². The number of nitrogens with one attached hydrogen (secondary N) is 2. The lowest BCUT2D eigenvalue weighted by molar-refractivity contribution is 0.0350. The van der Waals surface area contributed by atoms with Gasteiger partial charge in [0.15, 0.2) is 0 Å². The van der Waals surface area contributed by atoms with Crippen LogP contribution >= 0.6 is 15.9 Å². The van der Waals surface area contributed by atoms with E-state index in [1.165, 1.54) is 0 Å². The van der Waals surface area contributed by atoms with Gasteiger partial charge in [0.1, 0.15) is 11.6 Å². The van der Waals surface area contributed by atoms with Crippen molar-refractivity contribution in [3.8, 4) is 22.5 Å². The quantitative estimate of drug-likeness (QED) is 0.249. The van der Waals surface area contributed by atoms with Crippen molar-refractivity contribution in [1.29, 1.82) is 0 Å². The molecule has 5 N–H and O–H groups in total. The Bertz CT molecular complexity index is 1660. The number of hydrogen-bond acceptors (Lipinski definition) is 7. The molecule has 0 spiro atoms. The van der Waals surface area contributed by atoms with Crippen molar-refractivity contribution in [2.24, 2.45) is 0 Å². The minimum Gasteiger partial charge on any atom is -0.398 e. The maximum atomic E-state index is 13.3. The highest BCUT2D eigenvalue weighted by Gasteiger charge is 2.28. The van der Waals surface area contributed by atoms with Crippen molar-refractivity contribution in [2.75, 3.05) is 23.7 Å². The third-order valence-corrected chi connectivity index (χ3v) is 7.54. The lowest BCUT2D eigenvalue weighted by Gasteiger charge is -2.36. The van der Waals surface area contributed by atoms with Crippen molar-refractivity contribution < 1.29 is 5.11 Å². The third-order valence-electron chi connectivity index (χ3n) is 6.94. The van der Waals surface area contributed by atoms with E-state index in [0.29, 0.717) is 45.3 Å². The molecule has 36 heavy (non-hydrogen) atoms. The van der Waals surface area contributed by atoms with Crippen molar-refractivity contribution in [2.45, 2.75) is 25.4 Å². The highest BCUT2D eigenvalue weighted by Crippen LogP contribution is 2.38. The van der Waals surface area contributed by atoms with Gasteiger partial charge >= 0.3 is 0 Å². The summed E-state index contributed by atoms with van der Waals surface area (Å²) in [4.78, 5) is 27.6. The summed E-state index contributed by atoms with van der Waals surface area (Å²) in [6.45, 7) is 3.35. The summed E-state index contributed by atoms with van der Waals surface area (Å²) < 4.78 is 0.666. The summed E-state index contributed by atoms with van der Waals surface area (Å²) in [6.07, 6.45) is 4.85. The molecule has 4 heterocycles. The fourth-order valence-corrected chi connectivity index (χ4v) is 5.31. The van der Waals surface area contributed by atoms with E-state index in [2.05, 4.69) is 41.0 Å². The number of fused-ring (bicyclic) bond motifs is 2. The first-order valence-corrected chi connectivity index (χ1v) is 12.5. The van der Waals surface area contributed by atoms with E-state index in [1.807, 2.05) is 43.3 Å². The highest BCUT2D eigenvalue weighted by molar-refractivity contribution is 9.10. The Morgan fingerprint density at radius 2 is 1.94 bits per heavy atom. The number of nitrogen functional groups attached to an aromatic ring is 1. The number of rotatable bonds is 3. The minimum atomic E-state index is -0.620. The smallest absolute Gasteiger partial charge is 0.261 e. The van der Waals surface area contributed by atoms with Crippen LogP contribution in [0, 0.1) is 0 Å². The first-order valence-electron chi connectivity index (χ1n) is 11.7. The number of nitrogens with two attached hydrogens (primary N) is 1. The van der Waals surface area contributed by atoms with Gasteiger partial charge in [-0.2, -0.15) is 5.10 Å². The zero-order chi connectivity index (χ0) is 25.0. The molecule has 10 heteroatoms. The molecular formula is C26H24BrN7O2. The molecule has 2 aromatic carbocycles. The number of aliphatic hydroxyl groups is 1. The first kappa shape index (κ1) is 22.7. The van der Waals surface area contributed by atoms with Crippen LogP contribution in [0.1, 0.15) is 19.8 Å². The van der Waals surface area contributed by atoms with Crippen LogP contribution < -0.4 is 16.2 Å². The largest absolute Gasteiger partial charge is 0.398 e. The summed E-state index contributed by atoms with van der Waals surface area (Å²) in [6, 6.07) is 11.5. The lowest BCUT2D eigenvalue weighted by Crippen LogP contribution is -2.42. The number of H-pyrrole nitrogens is 2. The Balaban J connectivity index is 1.39. The number of hydrogen-bond donors (Lipinski definition) is 4. The number of pyridine rings is 1. The number of anilines is 2. The van der Waals surface area contributed by atoms with Crippen molar-refractivity contribution in [3.63, 3.8) is 0 Å². The topological polar surface area (TPSA) is 137 Å². The maximum absolute atomic E-state index is 13.3. The molecule has 3 aromatic heterocycles. The van der Waals surface area contributed by atoms with Gasteiger partial charge in [0.25, 0.3) is 5.56 Å². The predicted octanol–water partition coefficient (Wildman–Crippen LogP) is 4.22. The number of aromatic amines is 2. The Hall–Kier alpha value is -3.76. The number of benzene rings is 2. The van der Waals surface area contributed by atoms with Crippen LogP contribution in [0.15, 0.2) is 58.1 Å². The standard InChI is InChI=1S/C26H24BrN7O2/c1-26(36)7-9-34(10-8-26)20-6-5-14(12-29-20)24-31-23-18(27)11-16(22(28)21(23)25(35)32-24)15-3-2-4-19-17(15)13-30-33-19/h2-6,11-13,36H,7-10,28H2,1H3,(H,30,33)(H,31,32,35). The van der Waals surface area contributed by atoms with Crippen LogP contribution in [-0.2, 0) is 0 Å². The van der Waals surface area contributed by atoms with Gasteiger partial charge in [-0.05, 0) is 65.5 Å². The fourth-order valence-electron chi connectivity index (χ4n) is 4.80. The Labute approximate surface area is 214 Å². The van der Waals surface area contributed by atoms with Crippen LogP contribution in [0.4, 0.5) is 11.5 Å². The minimum absolute atomic E-state index is 0.322. The van der Waals surface area contributed by atoms with Crippen LogP contribution in [0.25, 0.3) is 44.3 Å². The van der Waals surface area contributed by atoms with Crippen molar-refractivity contribution in [3.05, 3.63) is 63.6 Å². The zero-order valence-corrected chi connectivity index (χ0v) is 21.1. The Morgan fingerprint density at radius 3 is 2.69 bits per heavy atom. The molecule has 0 bridgehead atoms. The molecule has 0 amide bonds. The third kappa shape index (κ3) is 3.82. The van der Waals surface area contributed by atoms with E-state index in [-0.39, 0.29) is 5.56 Å². The molecule has 9 nitrogen and oxygen atoms in total. The summed E-state index contributed by atoms with van der Waals surface area (Å²) >= 11 is 3.61. The van der Waals surface area contributed by atoms with Crippen LogP contribution in [0.3, 0.4) is 0 Å². The Kier molecular flexibility index (Phi) is 5.31. The van der Waals surface area contributed by atoms with Gasteiger partial charge in [0.2, 0.25) is 0 Å². The van der Waals surface area contributed by atoms with E-state index in [0.717, 1.165) is 40.9 Å². The molecule has 5 aromatic rings. The molecule has 182 valence electrons. The zero-order valence-electron chi connectivity index (χ0n) is 19.5. The maximum Gasteiger partial charge on any atom is 0.261 e. The second kappa shape index (κ2) is 8.42. The molecule has 1 aliphatic heterocycles. The molecule has 0 radical (unpaired) electrons. The lowest BCUT2D eigenvalue weighted by atomic mass is 9.94. The summed E-state index contributed by atoms with van der Waals surface area (Å²) in [7, 11) is 0. The molecule has 1 aliphatic rings. The second-order valence-electron chi connectivity index (χ2n) is 9.48. The SMILES string of the molecule is CC1(O)CCN(c2ccc(-c3nc4c(Br)cc(-c5cccc6[nH]ncc56)c(N)c4c(=O)[nH]3)cn2)CC1. The average molecular weight is 546 g/mol. The summed E-state index contributed by atoms with van der Waals surface area (Å²) in [5.41, 5.74) is 9.63. The predicted molar refractivity (Wildman–Crippen MR) is 145 cm³/mol. The number of halogens is 1. The van der Waals surface area contributed by atoms with Gasteiger partial charge in [0, 0.05) is 40.3 Å². The van der Waals surface area contributed by atoms with E-state index < -0.39 is 5.60 Å². The molecule has 1 fully saturated rings. The molecule has 0 aliphatic carbocycles. The molecule has 1 saturated heterocycles. The van der Waals surface area contributed by atoms with E-state index in [4.69, 9.17) is 10.7 Å². The summed E-state index contributed by atoms with van der Waals surface area (Å²) in [5, 5.41) is 18.5. The fraction of sp³-hybridized carbons (Fsp3) is 0.231.